The number of hydrogen-bond acceptors (Lipinski definition) is 4. The van der Waals surface area contributed by atoms with Crippen molar-refractivity contribution in [3.05, 3.63) is 29.2 Å². The minimum Gasteiger partial charge on any atom is -0.251 e. The zero-order chi connectivity index (χ0) is 9.26. The fraction of sp³-hybridized carbons (Fsp3) is 0.125. The van der Waals surface area contributed by atoms with Crippen LogP contribution in [0.15, 0.2) is 18.3 Å². The molecule has 0 atom stereocenters. The lowest BCUT2D eigenvalue weighted by Gasteiger charge is -1.91. The Bertz CT molecular complexity index is 410. The van der Waals surface area contributed by atoms with Crippen molar-refractivity contribution in [3.63, 3.8) is 0 Å². The van der Waals surface area contributed by atoms with Gasteiger partial charge in [0, 0.05) is 0 Å². The summed E-state index contributed by atoms with van der Waals surface area (Å²) in [5, 5.41) is 9.35. The van der Waals surface area contributed by atoms with Gasteiger partial charge in [-0.05, 0) is 19.1 Å². The van der Waals surface area contributed by atoms with Crippen LogP contribution in [0.2, 0.25) is 0 Å². The van der Waals surface area contributed by atoms with Gasteiger partial charge in [0.25, 0.3) is 0 Å². The number of halogens is 1. The first-order valence-electron chi connectivity index (χ1n) is 3.68. The average Bonchev–Trinajstić information content (AvgIpc) is 2.53. The second kappa shape index (κ2) is 3.18. The zero-order valence-electron chi connectivity index (χ0n) is 6.86. The molecule has 2 rings (SSSR count). The maximum atomic E-state index is 12.5. The monoisotopic (exact) mass is 195 g/mol. The van der Waals surface area contributed by atoms with E-state index in [0.29, 0.717) is 5.69 Å². The number of nitrogens with zero attached hydrogens (tertiary/aromatic N) is 3. The summed E-state index contributed by atoms with van der Waals surface area (Å²) in [7, 11) is 0. The maximum absolute atomic E-state index is 12.5. The Labute approximate surface area is 78.3 Å². The largest absolute Gasteiger partial charge is 0.251 e. The summed E-state index contributed by atoms with van der Waals surface area (Å²) in [6.07, 6.45) is 1.17. The molecule has 0 bridgehead atoms. The molecule has 2 aromatic rings. The van der Waals surface area contributed by atoms with E-state index < -0.39 is 0 Å². The van der Waals surface area contributed by atoms with Crippen molar-refractivity contribution in [2.45, 2.75) is 6.92 Å². The predicted octanol–water partition coefficient (Wildman–Crippen LogP) is 2.05. The van der Waals surface area contributed by atoms with E-state index in [-0.39, 0.29) is 5.82 Å². The fourth-order valence-corrected chi connectivity index (χ4v) is 1.57. The summed E-state index contributed by atoms with van der Waals surface area (Å²) in [4.78, 5) is 3.89. The summed E-state index contributed by atoms with van der Waals surface area (Å²) >= 11 is 1.44. The van der Waals surface area contributed by atoms with E-state index >= 15 is 0 Å². The van der Waals surface area contributed by atoms with E-state index in [9.17, 15) is 4.39 Å². The lowest BCUT2D eigenvalue weighted by Crippen LogP contribution is -1.83. The predicted molar refractivity (Wildman–Crippen MR) is 47.8 cm³/mol. The van der Waals surface area contributed by atoms with E-state index in [1.54, 1.807) is 6.07 Å². The van der Waals surface area contributed by atoms with Crippen LogP contribution < -0.4 is 0 Å². The van der Waals surface area contributed by atoms with E-state index in [4.69, 9.17) is 0 Å². The van der Waals surface area contributed by atoms with Crippen molar-refractivity contribution in [1.82, 2.24) is 15.2 Å². The minimum absolute atomic E-state index is 0.343. The number of hydrogen-bond donors (Lipinski definition) is 0. The molecule has 66 valence electrons. The van der Waals surface area contributed by atoms with Crippen LogP contribution in [0, 0.1) is 12.7 Å². The maximum Gasteiger partial charge on any atom is 0.166 e. The molecule has 0 spiro atoms. The Hall–Kier alpha value is -1.36. The van der Waals surface area contributed by atoms with Gasteiger partial charge in [-0.15, -0.1) is 10.2 Å². The molecular formula is C8H6FN3S. The third-order valence-electron chi connectivity index (χ3n) is 1.47. The molecule has 0 aliphatic rings. The molecule has 0 aromatic carbocycles. The molecule has 0 amide bonds. The Morgan fingerprint density at radius 3 is 2.69 bits per heavy atom. The first kappa shape index (κ1) is 8.25. The third-order valence-corrected chi connectivity index (χ3v) is 2.33. The van der Waals surface area contributed by atoms with Crippen LogP contribution in [-0.4, -0.2) is 15.2 Å². The summed E-state index contributed by atoms with van der Waals surface area (Å²) in [5.74, 6) is -0.343. The van der Waals surface area contributed by atoms with Crippen LogP contribution in [0.3, 0.4) is 0 Å². The summed E-state index contributed by atoms with van der Waals surface area (Å²) < 4.78 is 12.5. The van der Waals surface area contributed by atoms with Gasteiger partial charge in [0.1, 0.15) is 16.5 Å². The first-order valence-corrected chi connectivity index (χ1v) is 4.49. The van der Waals surface area contributed by atoms with Gasteiger partial charge in [0.15, 0.2) is 5.01 Å². The standard InChI is InChI=1S/C8H6FN3S/c1-5-11-12-8(13-5)7-3-2-6(9)4-10-7/h2-4H,1H3. The van der Waals surface area contributed by atoms with E-state index in [1.165, 1.54) is 23.6 Å². The Balaban J connectivity index is 2.41. The molecule has 0 N–H and O–H groups in total. The first-order chi connectivity index (χ1) is 6.25. The Morgan fingerprint density at radius 2 is 2.15 bits per heavy atom. The molecule has 0 aliphatic heterocycles. The highest BCUT2D eigenvalue weighted by atomic mass is 32.1. The lowest BCUT2D eigenvalue weighted by molar-refractivity contribution is 0.622. The summed E-state index contributed by atoms with van der Waals surface area (Å²) in [5.41, 5.74) is 0.659. The fourth-order valence-electron chi connectivity index (χ4n) is 0.902. The minimum atomic E-state index is -0.343. The molecule has 0 unspecified atom stereocenters. The molecule has 0 saturated heterocycles. The van der Waals surface area contributed by atoms with Crippen molar-refractivity contribution in [1.29, 1.82) is 0 Å². The average molecular weight is 195 g/mol. The molecule has 0 aliphatic carbocycles. The van der Waals surface area contributed by atoms with Gasteiger partial charge in [-0.25, -0.2) is 4.39 Å². The molecule has 5 heteroatoms. The Morgan fingerprint density at radius 1 is 1.31 bits per heavy atom. The van der Waals surface area contributed by atoms with Crippen LogP contribution in [0.5, 0.6) is 0 Å². The SMILES string of the molecule is Cc1nnc(-c2ccc(F)cn2)s1. The van der Waals surface area contributed by atoms with Gasteiger partial charge in [0.2, 0.25) is 0 Å². The number of pyridine rings is 1. The second-order valence-electron chi connectivity index (χ2n) is 2.49. The van der Waals surface area contributed by atoms with Crippen LogP contribution in [0.25, 0.3) is 10.7 Å². The van der Waals surface area contributed by atoms with Gasteiger partial charge in [-0.3, -0.25) is 4.98 Å². The van der Waals surface area contributed by atoms with Gasteiger partial charge in [-0.2, -0.15) is 0 Å². The molecule has 13 heavy (non-hydrogen) atoms. The highest BCUT2D eigenvalue weighted by Crippen LogP contribution is 2.20. The summed E-state index contributed by atoms with van der Waals surface area (Å²) in [6.45, 7) is 1.87. The normalized spacial score (nSPS) is 10.3. The number of aromatic nitrogens is 3. The molecular weight excluding hydrogens is 189 g/mol. The van der Waals surface area contributed by atoms with Crippen LogP contribution >= 0.6 is 11.3 Å². The van der Waals surface area contributed by atoms with Crippen molar-refractivity contribution in [3.8, 4) is 10.7 Å². The van der Waals surface area contributed by atoms with E-state index in [1.807, 2.05) is 6.92 Å². The number of aryl methyl sites for hydroxylation is 1. The number of rotatable bonds is 1. The van der Waals surface area contributed by atoms with Crippen LogP contribution in [-0.2, 0) is 0 Å². The molecule has 2 heterocycles. The van der Waals surface area contributed by atoms with E-state index in [0.717, 1.165) is 10.0 Å². The molecule has 3 nitrogen and oxygen atoms in total. The van der Waals surface area contributed by atoms with Crippen LogP contribution in [0.4, 0.5) is 4.39 Å². The van der Waals surface area contributed by atoms with Gasteiger partial charge < -0.3 is 0 Å². The highest BCUT2D eigenvalue weighted by molar-refractivity contribution is 7.14. The molecule has 0 fully saturated rings. The quantitative estimate of drug-likeness (QED) is 0.699. The molecule has 0 saturated carbocycles. The zero-order valence-corrected chi connectivity index (χ0v) is 7.68. The van der Waals surface area contributed by atoms with Gasteiger partial charge in [-0.1, -0.05) is 11.3 Å². The highest BCUT2D eigenvalue weighted by Gasteiger charge is 2.04. The second-order valence-corrected chi connectivity index (χ2v) is 3.67. The van der Waals surface area contributed by atoms with E-state index in [2.05, 4.69) is 15.2 Å². The molecule has 2 aromatic heterocycles. The summed E-state index contributed by atoms with van der Waals surface area (Å²) in [6, 6.07) is 2.95. The van der Waals surface area contributed by atoms with Crippen molar-refractivity contribution >= 4 is 11.3 Å². The third kappa shape index (κ3) is 1.70. The topological polar surface area (TPSA) is 38.7 Å². The van der Waals surface area contributed by atoms with Crippen molar-refractivity contribution in [2.24, 2.45) is 0 Å². The lowest BCUT2D eigenvalue weighted by atomic mass is 10.4. The van der Waals surface area contributed by atoms with Crippen molar-refractivity contribution < 1.29 is 4.39 Å². The van der Waals surface area contributed by atoms with Crippen LogP contribution in [0.1, 0.15) is 5.01 Å². The Kier molecular flexibility index (Phi) is 2.02. The smallest absolute Gasteiger partial charge is 0.166 e. The van der Waals surface area contributed by atoms with Gasteiger partial charge >= 0.3 is 0 Å². The van der Waals surface area contributed by atoms with Crippen molar-refractivity contribution in [2.75, 3.05) is 0 Å². The molecule has 0 radical (unpaired) electrons. The van der Waals surface area contributed by atoms with Gasteiger partial charge in [0.05, 0.1) is 6.20 Å².